The minimum Gasteiger partial charge on any atom is -0.456 e. The molecule has 0 spiro atoms. The van der Waals surface area contributed by atoms with Crippen LogP contribution in [0.2, 0.25) is 0 Å². The number of furan rings is 1. The summed E-state index contributed by atoms with van der Waals surface area (Å²) in [5.74, 6) is 0.896. The van der Waals surface area contributed by atoms with Crippen LogP contribution in [-0.2, 0) is 0 Å². The molecular weight excluding hydrogens is 550 g/mol. The van der Waals surface area contributed by atoms with Gasteiger partial charge >= 0.3 is 0 Å². The van der Waals surface area contributed by atoms with Gasteiger partial charge in [0.05, 0.1) is 22.1 Å². The molecule has 0 aliphatic carbocycles. The summed E-state index contributed by atoms with van der Waals surface area (Å²) < 4.78 is 10.9. The highest BCUT2D eigenvalue weighted by molar-refractivity contribution is 6.16. The summed E-state index contributed by atoms with van der Waals surface area (Å²) in [4.78, 5) is 5.36. The Hall–Kier alpha value is -6.13. The summed E-state index contributed by atoms with van der Waals surface area (Å²) >= 11 is 0. The van der Waals surface area contributed by atoms with Crippen molar-refractivity contribution in [2.24, 2.45) is 0 Å². The third kappa shape index (κ3) is 3.51. The molecule has 10 rings (SSSR count). The highest BCUT2D eigenvalue weighted by Crippen LogP contribution is 2.40. The summed E-state index contributed by atoms with van der Waals surface area (Å²) in [6, 6.07) is 53.5. The summed E-state index contributed by atoms with van der Waals surface area (Å²) in [7, 11) is 0. The lowest BCUT2D eigenvalue weighted by Crippen LogP contribution is -1.97. The normalized spacial score (nSPS) is 12.0. The van der Waals surface area contributed by atoms with Gasteiger partial charge in [-0.15, -0.1) is 0 Å². The van der Waals surface area contributed by atoms with Gasteiger partial charge in [0, 0.05) is 38.5 Å². The SMILES string of the molecule is c1ccc(-n2c(-c3cccc4oc5ccccc5c34)nc3cc4cc5c6ccccc6n(-c6ccccc6)c5cc4cc32)cc1. The zero-order valence-electron chi connectivity index (χ0n) is 24.2. The van der Waals surface area contributed by atoms with E-state index in [0.717, 1.165) is 55.7 Å². The topological polar surface area (TPSA) is 35.9 Å². The predicted molar refractivity (Wildman–Crippen MR) is 186 cm³/mol. The molecule has 0 saturated carbocycles. The largest absolute Gasteiger partial charge is 0.456 e. The second-order valence-electron chi connectivity index (χ2n) is 11.6. The van der Waals surface area contributed by atoms with E-state index in [-0.39, 0.29) is 0 Å². The molecule has 0 N–H and O–H groups in total. The lowest BCUT2D eigenvalue weighted by atomic mass is 10.0. The molecular formula is C41H25N3O. The molecule has 4 nitrogen and oxygen atoms in total. The lowest BCUT2D eigenvalue weighted by Gasteiger charge is -2.11. The van der Waals surface area contributed by atoms with Crippen LogP contribution in [0.4, 0.5) is 0 Å². The minimum atomic E-state index is 0.863. The zero-order valence-corrected chi connectivity index (χ0v) is 24.2. The number of hydrogen-bond acceptors (Lipinski definition) is 2. The maximum Gasteiger partial charge on any atom is 0.146 e. The number of nitrogens with zero attached hydrogens (tertiary/aromatic N) is 3. The molecule has 0 saturated heterocycles. The van der Waals surface area contributed by atoms with Gasteiger partial charge in [-0.05, 0) is 77.5 Å². The third-order valence-corrected chi connectivity index (χ3v) is 9.08. The molecule has 3 aromatic heterocycles. The number of para-hydroxylation sites is 4. The molecule has 10 aromatic rings. The zero-order chi connectivity index (χ0) is 29.5. The van der Waals surface area contributed by atoms with Crippen molar-refractivity contribution >= 4 is 65.6 Å². The van der Waals surface area contributed by atoms with Crippen molar-refractivity contribution in [3.8, 4) is 22.8 Å². The average molecular weight is 576 g/mol. The van der Waals surface area contributed by atoms with E-state index < -0.39 is 0 Å². The number of benzene rings is 7. The van der Waals surface area contributed by atoms with E-state index in [1.807, 2.05) is 18.2 Å². The molecule has 0 radical (unpaired) electrons. The average Bonchev–Trinajstić information content (AvgIpc) is 3.76. The van der Waals surface area contributed by atoms with Crippen molar-refractivity contribution in [3.63, 3.8) is 0 Å². The van der Waals surface area contributed by atoms with Crippen LogP contribution in [0.5, 0.6) is 0 Å². The Labute approximate surface area is 258 Å². The fourth-order valence-corrected chi connectivity index (χ4v) is 7.12. The first kappa shape index (κ1) is 24.3. The molecule has 0 atom stereocenters. The highest BCUT2D eigenvalue weighted by atomic mass is 16.3. The Bertz CT molecular complexity index is 2750. The molecule has 4 heteroatoms. The molecule has 0 fully saturated rings. The molecule has 0 amide bonds. The fourth-order valence-electron chi connectivity index (χ4n) is 7.12. The monoisotopic (exact) mass is 575 g/mol. The van der Waals surface area contributed by atoms with E-state index in [4.69, 9.17) is 9.40 Å². The minimum absolute atomic E-state index is 0.863. The lowest BCUT2D eigenvalue weighted by molar-refractivity contribution is 0.669. The Morgan fingerprint density at radius 3 is 1.91 bits per heavy atom. The summed E-state index contributed by atoms with van der Waals surface area (Å²) in [6.07, 6.45) is 0. The van der Waals surface area contributed by atoms with Crippen LogP contribution in [0.25, 0.3) is 88.3 Å². The van der Waals surface area contributed by atoms with Crippen molar-refractivity contribution < 1.29 is 4.42 Å². The van der Waals surface area contributed by atoms with E-state index in [1.165, 1.54) is 32.6 Å². The van der Waals surface area contributed by atoms with Crippen LogP contribution in [-0.4, -0.2) is 14.1 Å². The second kappa shape index (κ2) is 9.18. The van der Waals surface area contributed by atoms with E-state index in [1.54, 1.807) is 0 Å². The van der Waals surface area contributed by atoms with Gasteiger partial charge in [0.25, 0.3) is 0 Å². The van der Waals surface area contributed by atoms with Gasteiger partial charge in [-0.25, -0.2) is 4.98 Å². The van der Waals surface area contributed by atoms with E-state index in [2.05, 4.69) is 143 Å². The first-order valence-corrected chi connectivity index (χ1v) is 15.2. The maximum absolute atomic E-state index is 6.28. The smallest absolute Gasteiger partial charge is 0.146 e. The number of rotatable bonds is 3. The number of fused-ring (bicyclic) bond motifs is 8. The van der Waals surface area contributed by atoms with Crippen molar-refractivity contribution in [1.29, 1.82) is 0 Å². The van der Waals surface area contributed by atoms with Gasteiger partial charge in [0.2, 0.25) is 0 Å². The van der Waals surface area contributed by atoms with Crippen LogP contribution >= 0.6 is 0 Å². The van der Waals surface area contributed by atoms with Crippen LogP contribution in [0, 0.1) is 0 Å². The summed E-state index contributed by atoms with van der Waals surface area (Å²) in [5, 5.41) is 6.99. The van der Waals surface area contributed by atoms with Crippen LogP contribution in [0.1, 0.15) is 0 Å². The molecule has 0 bridgehead atoms. The van der Waals surface area contributed by atoms with Gasteiger partial charge in [-0.1, -0.05) is 84.9 Å². The van der Waals surface area contributed by atoms with Crippen molar-refractivity contribution in [2.45, 2.75) is 0 Å². The Balaban J connectivity index is 1.31. The van der Waals surface area contributed by atoms with Gasteiger partial charge in [-0.3, -0.25) is 4.57 Å². The van der Waals surface area contributed by atoms with E-state index in [9.17, 15) is 0 Å². The molecule has 3 heterocycles. The first-order valence-electron chi connectivity index (χ1n) is 15.2. The van der Waals surface area contributed by atoms with Crippen molar-refractivity contribution in [3.05, 3.63) is 152 Å². The number of aromatic nitrogens is 3. The number of imidazole rings is 1. The van der Waals surface area contributed by atoms with E-state index >= 15 is 0 Å². The molecule has 0 aliphatic rings. The quantitative estimate of drug-likeness (QED) is 0.210. The van der Waals surface area contributed by atoms with Crippen LogP contribution in [0.15, 0.2) is 156 Å². The molecule has 7 aromatic carbocycles. The predicted octanol–water partition coefficient (Wildman–Crippen LogP) is 10.8. The van der Waals surface area contributed by atoms with E-state index in [0.29, 0.717) is 0 Å². The highest BCUT2D eigenvalue weighted by Gasteiger charge is 2.21. The van der Waals surface area contributed by atoms with Gasteiger partial charge < -0.3 is 8.98 Å². The fraction of sp³-hybridized carbons (Fsp3) is 0. The third-order valence-electron chi connectivity index (χ3n) is 9.08. The van der Waals surface area contributed by atoms with Gasteiger partial charge in [0.1, 0.15) is 17.0 Å². The summed E-state index contributed by atoms with van der Waals surface area (Å²) in [6.45, 7) is 0. The van der Waals surface area contributed by atoms with Crippen molar-refractivity contribution in [1.82, 2.24) is 14.1 Å². The standard InChI is InChI=1S/C41H25N3O/c1-3-12-28(13-4-1)43-35-19-9-7-16-30(35)33-22-26-23-34-37(25-27(26)24-36(33)43)44(29-14-5-2-6-15-29)41(42-34)32-18-11-21-39-40(32)31-17-8-10-20-38(31)45-39/h1-25H. The van der Waals surface area contributed by atoms with Gasteiger partial charge in [0.15, 0.2) is 0 Å². The van der Waals surface area contributed by atoms with Crippen molar-refractivity contribution in [2.75, 3.05) is 0 Å². The molecule has 0 unspecified atom stereocenters. The molecule has 210 valence electrons. The Morgan fingerprint density at radius 2 is 1.09 bits per heavy atom. The summed E-state index contributed by atoms with van der Waals surface area (Å²) in [5.41, 5.74) is 9.43. The maximum atomic E-state index is 6.28. The number of hydrogen-bond donors (Lipinski definition) is 0. The second-order valence-corrected chi connectivity index (χ2v) is 11.6. The Kier molecular flexibility index (Phi) is 4.96. The molecule has 0 aliphatic heterocycles. The molecule has 45 heavy (non-hydrogen) atoms. The first-order chi connectivity index (χ1) is 22.3. The van der Waals surface area contributed by atoms with Crippen LogP contribution in [0.3, 0.4) is 0 Å². The van der Waals surface area contributed by atoms with Gasteiger partial charge in [-0.2, -0.15) is 0 Å². The van der Waals surface area contributed by atoms with Crippen LogP contribution < -0.4 is 0 Å². The Morgan fingerprint density at radius 1 is 0.444 bits per heavy atom.